The molecular weight excluding hydrogens is 322 g/mol. The van der Waals surface area contributed by atoms with E-state index >= 15 is 0 Å². The number of methoxy groups -OCH3 is 1. The quantitative estimate of drug-likeness (QED) is 0.878. The monoisotopic (exact) mass is 335 g/mol. The molecule has 1 N–H and O–H groups in total. The first kappa shape index (κ1) is 15.0. The SMILES string of the molecule is COc1cc(Br)ccc1C(=O)NCCS(C)(=O)=O. The molecule has 0 aliphatic rings. The highest BCUT2D eigenvalue weighted by Gasteiger charge is 2.12. The molecule has 0 aromatic heterocycles. The predicted molar refractivity (Wildman–Crippen MR) is 72.7 cm³/mol. The maximum absolute atomic E-state index is 11.8. The Balaban J connectivity index is 2.73. The average molecular weight is 336 g/mol. The Morgan fingerprint density at radius 2 is 2.11 bits per heavy atom. The number of carbonyl (C=O) groups excluding carboxylic acids is 1. The summed E-state index contributed by atoms with van der Waals surface area (Å²) in [5.41, 5.74) is 0.370. The molecule has 1 amide bonds. The van der Waals surface area contributed by atoms with E-state index in [-0.39, 0.29) is 18.2 Å². The first-order valence-electron chi connectivity index (χ1n) is 5.13. The van der Waals surface area contributed by atoms with Crippen LogP contribution in [0.2, 0.25) is 0 Å². The normalized spacial score (nSPS) is 11.1. The Hall–Kier alpha value is -1.08. The van der Waals surface area contributed by atoms with Crippen molar-refractivity contribution < 1.29 is 17.9 Å². The lowest BCUT2D eigenvalue weighted by Gasteiger charge is -2.09. The van der Waals surface area contributed by atoms with E-state index in [1.54, 1.807) is 18.2 Å². The van der Waals surface area contributed by atoms with Gasteiger partial charge >= 0.3 is 0 Å². The van der Waals surface area contributed by atoms with Gasteiger partial charge in [0.1, 0.15) is 15.6 Å². The first-order valence-corrected chi connectivity index (χ1v) is 7.98. The number of benzene rings is 1. The van der Waals surface area contributed by atoms with Gasteiger partial charge in [-0.25, -0.2) is 8.42 Å². The predicted octanol–water partition coefficient (Wildman–Crippen LogP) is 1.23. The van der Waals surface area contributed by atoms with E-state index in [2.05, 4.69) is 21.2 Å². The molecule has 18 heavy (non-hydrogen) atoms. The summed E-state index contributed by atoms with van der Waals surface area (Å²) in [6.07, 6.45) is 1.12. The van der Waals surface area contributed by atoms with Crippen molar-refractivity contribution in [3.05, 3.63) is 28.2 Å². The van der Waals surface area contributed by atoms with Gasteiger partial charge in [-0.3, -0.25) is 4.79 Å². The number of halogens is 1. The summed E-state index contributed by atoms with van der Waals surface area (Å²) < 4.78 is 27.8. The molecule has 0 radical (unpaired) electrons. The molecule has 100 valence electrons. The summed E-state index contributed by atoms with van der Waals surface area (Å²) in [6, 6.07) is 5.00. The Morgan fingerprint density at radius 3 is 2.67 bits per heavy atom. The van der Waals surface area contributed by atoms with E-state index in [4.69, 9.17) is 4.74 Å². The van der Waals surface area contributed by atoms with Crippen LogP contribution in [0.3, 0.4) is 0 Å². The van der Waals surface area contributed by atoms with Crippen molar-refractivity contribution in [1.82, 2.24) is 5.32 Å². The largest absolute Gasteiger partial charge is 0.496 e. The topological polar surface area (TPSA) is 72.5 Å². The smallest absolute Gasteiger partial charge is 0.255 e. The van der Waals surface area contributed by atoms with Crippen molar-refractivity contribution in [2.75, 3.05) is 25.7 Å². The summed E-state index contributed by atoms with van der Waals surface area (Å²) in [5.74, 6) is -0.0124. The van der Waals surface area contributed by atoms with E-state index in [0.29, 0.717) is 11.3 Å². The summed E-state index contributed by atoms with van der Waals surface area (Å²) in [5, 5.41) is 2.54. The lowest BCUT2D eigenvalue weighted by molar-refractivity contribution is 0.0953. The molecule has 1 aromatic carbocycles. The fourth-order valence-corrected chi connectivity index (χ4v) is 2.11. The Kier molecular flexibility index (Phi) is 5.15. The van der Waals surface area contributed by atoms with Crippen molar-refractivity contribution in [2.24, 2.45) is 0 Å². The van der Waals surface area contributed by atoms with Gasteiger partial charge in [0.25, 0.3) is 5.91 Å². The first-order chi connectivity index (χ1) is 8.33. The van der Waals surface area contributed by atoms with Gasteiger partial charge in [0, 0.05) is 17.3 Å². The molecule has 0 saturated carbocycles. The minimum absolute atomic E-state index is 0.0802. The lowest BCUT2D eigenvalue weighted by atomic mass is 10.2. The van der Waals surface area contributed by atoms with Gasteiger partial charge < -0.3 is 10.1 Å². The number of hydrogen-bond acceptors (Lipinski definition) is 4. The van der Waals surface area contributed by atoms with Gasteiger partial charge in [0.05, 0.1) is 18.4 Å². The van der Waals surface area contributed by atoms with Crippen LogP contribution in [0.4, 0.5) is 0 Å². The molecule has 0 aliphatic heterocycles. The minimum Gasteiger partial charge on any atom is -0.496 e. The van der Waals surface area contributed by atoms with E-state index in [9.17, 15) is 13.2 Å². The van der Waals surface area contributed by atoms with E-state index < -0.39 is 9.84 Å². The van der Waals surface area contributed by atoms with Gasteiger partial charge in [0.15, 0.2) is 0 Å². The van der Waals surface area contributed by atoms with Crippen LogP contribution < -0.4 is 10.1 Å². The van der Waals surface area contributed by atoms with Crippen LogP contribution in [-0.4, -0.2) is 40.0 Å². The van der Waals surface area contributed by atoms with Crippen molar-refractivity contribution in [1.29, 1.82) is 0 Å². The molecule has 1 aromatic rings. The van der Waals surface area contributed by atoms with Crippen molar-refractivity contribution in [3.63, 3.8) is 0 Å². The van der Waals surface area contributed by atoms with Gasteiger partial charge in [-0.15, -0.1) is 0 Å². The lowest BCUT2D eigenvalue weighted by Crippen LogP contribution is -2.29. The summed E-state index contributed by atoms with van der Waals surface area (Å²) in [4.78, 5) is 11.8. The van der Waals surface area contributed by atoms with Crippen LogP contribution in [0, 0.1) is 0 Å². The standard InChI is InChI=1S/C11H14BrNO4S/c1-17-10-7-8(12)3-4-9(10)11(14)13-5-6-18(2,15)16/h3-4,7H,5-6H2,1-2H3,(H,13,14). The third kappa shape index (κ3) is 4.66. The summed E-state index contributed by atoms with van der Waals surface area (Å²) in [6.45, 7) is 0.0802. The number of carbonyl (C=O) groups is 1. The maximum atomic E-state index is 11.8. The second-order valence-corrected chi connectivity index (χ2v) is 6.91. The zero-order valence-corrected chi connectivity index (χ0v) is 12.5. The van der Waals surface area contributed by atoms with Crippen LogP contribution in [0.15, 0.2) is 22.7 Å². The maximum Gasteiger partial charge on any atom is 0.255 e. The summed E-state index contributed by atoms with van der Waals surface area (Å²) >= 11 is 3.27. The highest BCUT2D eigenvalue weighted by molar-refractivity contribution is 9.10. The van der Waals surface area contributed by atoms with Gasteiger partial charge in [-0.2, -0.15) is 0 Å². The Bertz CT molecular complexity index is 542. The third-order valence-electron chi connectivity index (χ3n) is 2.17. The number of sulfone groups is 1. The molecule has 0 bridgehead atoms. The second kappa shape index (κ2) is 6.19. The average Bonchev–Trinajstić information content (AvgIpc) is 2.26. The Morgan fingerprint density at radius 1 is 1.44 bits per heavy atom. The van der Waals surface area contributed by atoms with Gasteiger partial charge in [-0.1, -0.05) is 15.9 Å². The van der Waals surface area contributed by atoms with Gasteiger partial charge in [-0.05, 0) is 18.2 Å². The van der Waals surface area contributed by atoms with Crippen molar-refractivity contribution in [2.45, 2.75) is 0 Å². The fourth-order valence-electron chi connectivity index (χ4n) is 1.30. The summed E-state index contributed by atoms with van der Waals surface area (Å²) in [7, 11) is -1.61. The number of ether oxygens (including phenoxy) is 1. The Labute approximate surface area is 115 Å². The minimum atomic E-state index is -3.08. The highest BCUT2D eigenvalue weighted by atomic mass is 79.9. The molecule has 0 unspecified atom stereocenters. The molecule has 0 heterocycles. The zero-order valence-electron chi connectivity index (χ0n) is 10.1. The van der Waals surface area contributed by atoms with E-state index in [1.165, 1.54) is 7.11 Å². The van der Waals surface area contributed by atoms with Crippen molar-refractivity contribution >= 4 is 31.7 Å². The number of amides is 1. The molecule has 7 heteroatoms. The molecule has 0 saturated heterocycles. The molecule has 5 nitrogen and oxygen atoms in total. The second-order valence-electron chi connectivity index (χ2n) is 3.73. The van der Waals surface area contributed by atoms with Crippen molar-refractivity contribution in [3.8, 4) is 5.75 Å². The van der Waals surface area contributed by atoms with Crippen LogP contribution in [-0.2, 0) is 9.84 Å². The molecule has 1 rings (SSSR count). The van der Waals surface area contributed by atoms with E-state index in [1.807, 2.05) is 0 Å². The zero-order chi connectivity index (χ0) is 13.8. The van der Waals surface area contributed by atoms with Crippen LogP contribution in [0.25, 0.3) is 0 Å². The van der Waals surface area contributed by atoms with Gasteiger partial charge in [0.2, 0.25) is 0 Å². The number of rotatable bonds is 5. The number of nitrogens with one attached hydrogen (secondary N) is 1. The third-order valence-corrected chi connectivity index (χ3v) is 3.61. The van der Waals surface area contributed by atoms with Crippen LogP contribution in [0.5, 0.6) is 5.75 Å². The van der Waals surface area contributed by atoms with Crippen LogP contribution >= 0.6 is 15.9 Å². The van der Waals surface area contributed by atoms with E-state index in [0.717, 1.165) is 10.7 Å². The fraction of sp³-hybridized carbons (Fsp3) is 0.364. The molecule has 0 aliphatic carbocycles. The highest BCUT2D eigenvalue weighted by Crippen LogP contribution is 2.23. The molecule has 0 spiro atoms. The molecular formula is C11H14BrNO4S. The van der Waals surface area contributed by atoms with Crippen LogP contribution in [0.1, 0.15) is 10.4 Å². The molecule has 0 fully saturated rings. The molecule has 0 atom stereocenters. The number of hydrogen-bond donors (Lipinski definition) is 1.